The van der Waals surface area contributed by atoms with Crippen LogP contribution in [0.3, 0.4) is 0 Å². The molecule has 4 rings (SSSR count). The van der Waals surface area contributed by atoms with Crippen molar-refractivity contribution in [3.63, 3.8) is 0 Å². The number of oxime groups is 1. The summed E-state index contributed by atoms with van der Waals surface area (Å²) in [4.78, 5) is 58.6. The van der Waals surface area contributed by atoms with E-state index < -0.39 is 52.1 Å². The Hall–Kier alpha value is -3.92. The van der Waals surface area contributed by atoms with Crippen molar-refractivity contribution in [2.75, 3.05) is 11.1 Å². The molecule has 1 unspecified atom stereocenters. The average Bonchev–Trinajstić information content (AvgIpc) is 3.32. The van der Waals surface area contributed by atoms with Gasteiger partial charge in [0, 0.05) is 11.1 Å². The number of thioether (sulfide) groups is 1. The zero-order valence-electron chi connectivity index (χ0n) is 19.3. The maximum atomic E-state index is 13.1. The van der Waals surface area contributed by atoms with Crippen LogP contribution in [0.1, 0.15) is 16.8 Å². The smallest absolute Gasteiger partial charge is 0.471 e. The second-order valence-electron chi connectivity index (χ2n) is 7.97. The predicted molar refractivity (Wildman–Crippen MR) is 130 cm³/mol. The van der Waals surface area contributed by atoms with Crippen LogP contribution in [0.15, 0.2) is 46.6 Å². The number of aliphatic carboxylic acids is 1. The van der Waals surface area contributed by atoms with Crippen molar-refractivity contribution in [3.05, 3.63) is 58.2 Å². The number of carboxylic acid groups (broad SMARTS) is 1. The number of thiazole rings is 1. The van der Waals surface area contributed by atoms with Crippen molar-refractivity contribution in [3.8, 4) is 0 Å². The molecule has 3 N–H and O–H groups in total. The number of carbonyl (C=O) groups excluding carboxylic acids is 3. The van der Waals surface area contributed by atoms with E-state index in [-0.39, 0.29) is 18.0 Å². The molecule has 2 aliphatic rings. The number of benzene rings is 1. The zero-order valence-corrected chi connectivity index (χ0v) is 20.9. The van der Waals surface area contributed by atoms with Gasteiger partial charge in [0.1, 0.15) is 29.4 Å². The van der Waals surface area contributed by atoms with Gasteiger partial charge in [0.2, 0.25) is 0 Å². The number of fused-ring (bicyclic) bond motifs is 1. The maximum Gasteiger partial charge on any atom is 0.471 e. The molecule has 38 heavy (non-hydrogen) atoms. The number of β-lactam (4-membered cyclic amide) rings is 1. The molecule has 0 saturated carbocycles. The Bertz CT molecular complexity index is 1340. The molecule has 0 radical (unpaired) electrons. The number of aromatic nitrogens is 1. The molecule has 16 heteroatoms. The third-order valence-corrected chi connectivity index (χ3v) is 7.24. The first-order chi connectivity index (χ1) is 18.0. The molecule has 1 fully saturated rings. The van der Waals surface area contributed by atoms with E-state index in [4.69, 9.17) is 4.84 Å². The largest absolute Gasteiger partial charge is 0.477 e. The van der Waals surface area contributed by atoms with E-state index in [1.165, 1.54) is 23.2 Å². The second-order valence-corrected chi connectivity index (χ2v) is 9.97. The Kier molecular flexibility index (Phi) is 7.73. The number of hydrogen-bond donors (Lipinski definition) is 3. The molecule has 1 aromatic carbocycles. The first-order valence-electron chi connectivity index (χ1n) is 10.7. The lowest BCUT2D eigenvalue weighted by atomic mass is 10.0. The van der Waals surface area contributed by atoms with E-state index in [0.29, 0.717) is 22.7 Å². The first kappa shape index (κ1) is 27.1. The van der Waals surface area contributed by atoms with Gasteiger partial charge in [-0.2, -0.15) is 13.2 Å². The highest BCUT2D eigenvalue weighted by Crippen LogP contribution is 2.37. The molecule has 0 aliphatic carbocycles. The van der Waals surface area contributed by atoms with E-state index >= 15 is 0 Å². The summed E-state index contributed by atoms with van der Waals surface area (Å²) in [6, 6.07) is 6.13. The average molecular weight is 570 g/mol. The third-order valence-electron chi connectivity index (χ3n) is 5.30. The van der Waals surface area contributed by atoms with Gasteiger partial charge in [-0.15, -0.1) is 23.1 Å². The summed E-state index contributed by atoms with van der Waals surface area (Å²) in [6.07, 6.45) is -3.76. The minimum absolute atomic E-state index is 0.0553. The number of amides is 3. The SMILES string of the molecule is Cc1ccc(CO/N=C(\C(=O)NC2C(=O)N3C(C(=O)O)=CCS[C@H]23)c2csc(NC(=O)C(F)(F)F)n2)cc1. The van der Waals surface area contributed by atoms with Crippen LogP contribution in [0.2, 0.25) is 0 Å². The quantitative estimate of drug-likeness (QED) is 0.249. The molecule has 200 valence electrons. The fourth-order valence-electron chi connectivity index (χ4n) is 3.42. The van der Waals surface area contributed by atoms with Crippen molar-refractivity contribution in [1.29, 1.82) is 0 Å². The van der Waals surface area contributed by atoms with E-state index in [1.807, 2.05) is 19.1 Å². The number of nitrogens with zero attached hydrogens (tertiary/aromatic N) is 3. The van der Waals surface area contributed by atoms with Gasteiger partial charge < -0.3 is 15.3 Å². The van der Waals surface area contributed by atoms with E-state index in [2.05, 4.69) is 15.5 Å². The molecule has 2 aliphatic heterocycles. The van der Waals surface area contributed by atoms with Crippen molar-refractivity contribution in [2.24, 2.45) is 5.16 Å². The lowest BCUT2D eigenvalue weighted by Gasteiger charge is -2.48. The Morgan fingerprint density at radius 3 is 2.63 bits per heavy atom. The number of carboxylic acids is 1. The molecule has 3 heterocycles. The van der Waals surface area contributed by atoms with E-state index in [9.17, 15) is 37.5 Å². The summed E-state index contributed by atoms with van der Waals surface area (Å²) in [5, 5.41) is 17.3. The van der Waals surface area contributed by atoms with Crippen LogP contribution >= 0.6 is 23.1 Å². The number of nitrogens with one attached hydrogen (secondary N) is 2. The number of anilines is 1. The normalized spacial score (nSPS) is 19.2. The van der Waals surface area contributed by atoms with Crippen molar-refractivity contribution in [1.82, 2.24) is 15.2 Å². The van der Waals surface area contributed by atoms with Crippen LogP contribution in [0.25, 0.3) is 0 Å². The van der Waals surface area contributed by atoms with Gasteiger partial charge in [-0.1, -0.05) is 35.0 Å². The van der Waals surface area contributed by atoms with Crippen molar-refractivity contribution >= 4 is 57.6 Å². The van der Waals surface area contributed by atoms with Gasteiger partial charge in [0.25, 0.3) is 11.8 Å². The first-order valence-corrected chi connectivity index (χ1v) is 12.7. The molecule has 1 saturated heterocycles. The molecule has 1 aromatic heterocycles. The highest BCUT2D eigenvalue weighted by Gasteiger charge is 2.53. The van der Waals surface area contributed by atoms with Crippen LogP contribution in [0.4, 0.5) is 18.3 Å². The molecular weight excluding hydrogens is 551 g/mol. The molecule has 3 amide bonds. The fourth-order valence-corrected chi connectivity index (χ4v) is 5.30. The van der Waals surface area contributed by atoms with Gasteiger partial charge in [0.05, 0.1) is 0 Å². The van der Waals surface area contributed by atoms with E-state index in [1.54, 1.807) is 17.4 Å². The zero-order chi connectivity index (χ0) is 27.6. The van der Waals surface area contributed by atoms with Gasteiger partial charge in [0.15, 0.2) is 10.8 Å². The molecular formula is C22H18F3N5O6S2. The fraction of sp³-hybridized carbons (Fsp3) is 0.273. The van der Waals surface area contributed by atoms with Gasteiger partial charge in [-0.3, -0.25) is 24.6 Å². The lowest BCUT2D eigenvalue weighted by molar-refractivity contribution is -0.167. The Labute approximate surface area is 220 Å². The minimum atomic E-state index is -5.14. The Balaban J connectivity index is 1.53. The van der Waals surface area contributed by atoms with Gasteiger partial charge >= 0.3 is 18.1 Å². The van der Waals surface area contributed by atoms with Crippen LogP contribution in [0, 0.1) is 6.92 Å². The van der Waals surface area contributed by atoms with Crippen LogP contribution < -0.4 is 10.6 Å². The molecule has 11 nitrogen and oxygen atoms in total. The predicted octanol–water partition coefficient (Wildman–Crippen LogP) is 2.24. The minimum Gasteiger partial charge on any atom is -0.477 e. The molecule has 0 bridgehead atoms. The highest BCUT2D eigenvalue weighted by molar-refractivity contribution is 8.00. The Morgan fingerprint density at radius 1 is 1.26 bits per heavy atom. The number of hydrogen-bond acceptors (Lipinski definition) is 9. The third kappa shape index (κ3) is 5.80. The van der Waals surface area contributed by atoms with E-state index in [0.717, 1.165) is 10.5 Å². The van der Waals surface area contributed by atoms with Crippen LogP contribution in [-0.2, 0) is 30.6 Å². The number of alkyl halides is 3. The summed E-state index contributed by atoms with van der Waals surface area (Å²) in [7, 11) is 0. The van der Waals surface area contributed by atoms with Crippen molar-refractivity contribution in [2.45, 2.75) is 31.1 Å². The van der Waals surface area contributed by atoms with Crippen molar-refractivity contribution < 1.29 is 42.3 Å². The van der Waals surface area contributed by atoms with Gasteiger partial charge in [-0.05, 0) is 18.6 Å². The topological polar surface area (TPSA) is 150 Å². The summed E-state index contributed by atoms with van der Waals surface area (Å²) in [5.74, 6) is -4.81. The maximum absolute atomic E-state index is 13.1. The second kappa shape index (κ2) is 10.8. The Morgan fingerprint density at radius 2 is 1.97 bits per heavy atom. The highest BCUT2D eigenvalue weighted by atomic mass is 32.2. The van der Waals surface area contributed by atoms with Crippen LogP contribution in [-0.4, -0.2) is 67.7 Å². The lowest BCUT2D eigenvalue weighted by Crippen LogP contribution is -2.70. The summed E-state index contributed by atoms with van der Waals surface area (Å²) in [5.41, 5.74) is 0.867. The molecule has 0 spiro atoms. The molecule has 2 aromatic rings. The van der Waals surface area contributed by atoms with Crippen LogP contribution in [0.5, 0.6) is 0 Å². The monoisotopic (exact) mass is 569 g/mol. The molecule has 2 atom stereocenters. The number of aryl methyl sites for hydroxylation is 1. The number of carbonyl (C=O) groups is 4. The standard InChI is InChI=1S/C22H18F3N5O6S2/c1-10-2-4-11(5-3-10)8-36-29-14(12-9-38-21(26-12)28-20(35)22(23,24)25)16(31)27-15-17(32)30-13(19(33)34)6-7-37-18(15)30/h2-6,9,15,18H,7-8H2,1H3,(H,27,31)(H,33,34)(H,26,28,35)/b29-14-/t15?,18-/m1/s1. The van der Waals surface area contributed by atoms with Gasteiger partial charge in [-0.25, -0.2) is 9.78 Å². The summed E-state index contributed by atoms with van der Waals surface area (Å²) in [6.45, 7) is 1.84. The summed E-state index contributed by atoms with van der Waals surface area (Å²) >= 11 is 1.86. The summed E-state index contributed by atoms with van der Waals surface area (Å²) < 4.78 is 37.8. The number of rotatable bonds is 8. The number of halogens is 3.